The van der Waals surface area contributed by atoms with Crippen LogP contribution in [0.5, 0.6) is 0 Å². The summed E-state index contributed by atoms with van der Waals surface area (Å²) in [5.74, 6) is 0.191. The first-order valence-electron chi connectivity index (χ1n) is 12.7. The number of anilines is 2. The summed E-state index contributed by atoms with van der Waals surface area (Å²) in [4.78, 5) is 19.8. The molecular weight excluding hydrogens is 485 g/mol. The van der Waals surface area contributed by atoms with Crippen molar-refractivity contribution in [1.82, 2.24) is 9.80 Å². The largest absolute Gasteiger partial charge is 0.446 e. The Morgan fingerprint density at radius 3 is 2.36 bits per heavy atom. The minimum absolute atomic E-state index is 0.109. The highest BCUT2D eigenvalue weighted by Gasteiger charge is 2.29. The van der Waals surface area contributed by atoms with Crippen LogP contribution in [0.25, 0.3) is 0 Å². The van der Waals surface area contributed by atoms with Crippen LogP contribution in [-0.4, -0.2) is 73.1 Å². The van der Waals surface area contributed by atoms with Gasteiger partial charge in [0.1, 0.15) is 0 Å². The molecule has 2 aliphatic heterocycles. The Morgan fingerprint density at radius 1 is 1.00 bits per heavy atom. The number of thioether (sulfide) groups is 1. The van der Waals surface area contributed by atoms with Crippen molar-refractivity contribution in [1.29, 1.82) is 0 Å². The summed E-state index contributed by atoms with van der Waals surface area (Å²) in [6.45, 7) is 8.48. The van der Waals surface area contributed by atoms with E-state index in [2.05, 4.69) is 46.3 Å². The summed E-state index contributed by atoms with van der Waals surface area (Å²) < 4.78 is 37.6. The van der Waals surface area contributed by atoms with Gasteiger partial charge in [-0.3, -0.25) is 9.69 Å². The number of aryl methyl sites for hydroxylation is 1. The van der Waals surface area contributed by atoms with Crippen LogP contribution in [-0.2, 0) is 4.79 Å². The number of carbonyl (C=O) groups excluding carboxylic acids is 1. The topological polar surface area (TPSA) is 38.8 Å². The molecule has 0 bridgehead atoms. The zero-order valence-corrected chi connectivity index (χ0v) is 21.6. The molecule has 2 heterocycles. The van der Waals surface area contributed by atoms with Crippen molar-refractivity contribution in [2.24, 2.45) is 0 Å². The van der Waals surface area contributed by atoms with Crippen LogP contribution in [0.4, 0.5) is 24.5 Å². The van der Waals surface area contributed by atoms with E-state index >= 15 is 0 Å². The molecule has 0 aromatic heterocycles. The summed E-state index contributed by atoms with van der Waals surface area (Å²) in [5.41, 5.74) is -0.949. The number of benzene rings is 2. The number of nitrogens with zero attached hydrogens (tertiary/aromatic N) is 3. The van der Waals surface area contributed by atoms with Gasteiger partial charge in [0.05, 0.1) is 0 Å². The van der Waals surface area contributed by atoms with E-state index in [9.17, 15) is 18.0 Å². The highest BCUT2D eigenvalue weighted by Crippen LogP contribution is 2.37. The lowest BCUT2D eigenvalue weighted by Crippen LogP contribution is -2.47. The number of alkyl halides is 3. The van der Waals surface area contributed by atoms with Crippen molar-refractivity contribution in [3.8, 4) is 0 Å². The maximum Gasteiger partial charge on any atom is 0.446 e. The normalized spacial score (nSPS) is 19.4. The second-order valence-electron chi connectivity index (χ2n) is 9.66. The SMILES string of the molecule is Cc1ccc(N2CCN(CCCC(=O)N3CCC[C@H](Nc4ccc(SC(F)(F)F)cc4)C3)CC2)cc1. The molecule has 0 aliphatic carbocycles. The van der Waals surface area contributed by atoms with Crippen LogP contribution in [0.1, 0.15) is 31.2 Å². The van der Waals surface area contributed by atoms with Crippen molar-refractivity contribution < 1.29 is 18.0 Å². The molecular formula is C27H35F3N4OS. The number of hydrogen-bond acceptors (Lipinski definition) is 5. The highest BCUT2D eigenvalue weighted by molar-refractivity contribution is 8.00. The zero-order chi connectivity index (χ0) is 25.5. The van der Waals surface area contributed by atoms with Gasteiger partial charge in [-0.05, 0) is 80.9 Å². The first kappa shape index (κ1) is 26.7. The number of halogens is 3. The number of piperazine rings is 1. The average Bonchev–Trinajstić information content (AvgIpc) is 2.85. The minimum Gasteiger partial charge on any atom is -0.381 e. The summed E-state index contributed by atoms with van der Waals surface area (Å²) in [6.07, 6.45) is 3.27. The van der Waals surface area contributed by atoms with Crippen LogP contribution in [0.2, 0.25) is 0 Å². The molecule has 5 nitrogen and oxygen atoms in total. The van der Waals surface area contributed by atoms with Gasteiger partial charge in [-0.25, -0.2) is 0 Å². The Hall–Kier alpha value is -2.39. The number of hydrogen-bond donors (Lipinski definition) is 1. The van der Waals surface area contributed by atoms with Crippen LogP contribution in [0.3, 0.4) is 0 Å². The van der Waals surface area contributed by atoms with Crippen LogP contribution in [0.15, 0.2) is 53.4 Å². The molecule has 0 unspecified atom stereocenters. The molecule has 4 rings (SSSR count). The molecule has 36 heavy (non-hydrogen) atoms. The molecule has 2 saturated heterocycles. The lowest BCUT2D eigenvalue weighted by Gasteiger charge is -2.36. The van der Waals surface area contributed by atoms with E-state index in [1.165, 1.54) is 23.4 Å². The van der Waals surface area contributed by atoms with E-state index < -0.39 is 5.51 Å². The fourth-order valence-electron chi connectivity index (χ4n) is 4.91. The van der Waals surface area contributed by atoms with Crippen molar-refractivity contribution in [2.45, 2.75) is 49.1 Å². The Kier molecular flexibility index (Phi) is 9.06. The number of carbonyl (C=O) groups is 1. The van der Waals surface area contributed by atoms with Crippen molar-refractivity contribution in [2.75, 3.05) is 56.0 Å². The summed E-state index contributed by atoms with van der Waals surface area (Å²) in [7, 11) is 0. The Morgan fingerprint density at radius 2 is 1.69 bits per heavy atom. The monoisotopic (exact) mass is 520 g/mol. The maximum absolute atomic E-state index is 12.8. The third kappa shape index (κ3) is 8.06. The van der Waals surface area contributed by atoms with Gasteiger partial charge in [0.25, 0.3) is 0 Å². The second kappa shape index (κ2) is 12.2. The first-order valence-corrected chi connectivity index (χ1v) is 13.5. The molecule has 0 spiro atoms. The number of nitrogens with one attached hydrogen (secondary N) is 1. The highest BCUT2D eigenvalue weighted by atomic mass is 32.2. The number of rotatable bonds is 8. The van der Waals surface area contributed by atoms with Crippen molar-refractivity contribution in [3.05, 3.63) is 54.1 Å². The fourth-order valence-corrected chi connectivity index (χ4v) is 5.45. The number of amides is 1. The van der Waals surface area contributed by atoms with Crippen LogP contribution >= 0.6 is 11.8 Å². The standard InChI is InChI=1S/C27H35F3N4OS/c1-21-6-10-24(11-7-21)33-18-16-32(17-19-33)14-3-5-26(35)34-15-2-4-23(20-34)31-22-8-12-25(13-9-22)36-27(28,29)30/h6-13,23,31H,2-5,14-20H2,1H3/t23-/m0/s1. The molecule has 2 aromatic carbocycles. The van der Waals surface area contributed by atoms with E-state index in [1.54, 1.807) is 12.1 Å². The van der Waals surface area contributed by atoms with E-state index in [-0.39, 0.29) is 28.6 Å². The molecule has 196 valence electrons. The smallest absolute Gasteiger partial charge is 0.381 e. The molecule has 0 saturated carbocycles. The molecule has 2 aromatic rings. The van der Waals surface area contributed by atoms with Gasteiger partial charge in [0.15, 0.2) is 0 Å². The quantitative estimate of drug-likeness (QED) is 0.458. The van der Waals surface area contributed by atoms with Gasteiger partial charge in [0, 0.05) is 68.0 Å². The van der Waals surface area contributed by atoms with Crippen LogP contribution < -0.4 is 10.2 Å². The van der Waals surface area contributed by atoms with Gasteiger partial charge in [0.2, 0.25) is 5.91 Å². The summed E-state index contributed by atoms with van der Waals surface area (Å²) >= 11 is -0.109. The predicted molar refractivity (Wildman–Crippen MR) is 141 cm³/mol. The molecule has 9 heteroatoms. The Bertz CT molecular complexity index is 976. The molecule has 1 atom stereocenters. The third-order valence-corrected chi connectivity index (χ3v) is 7.61. The van der Waals surface area contributed by atoms with Crippen molar-refractivity contribution in [3.63, 3.8) is 0 Å². The van der Waals surface area contributed by atoms with E-state index in [0.29, 0.717) is 13.0 Å². The number of likely N-dealkylation sites (tertiary alicyclic amines) is 1. The predicted octanol–water partition coefficient (Wildman–Crippen LogP) is 5.61. The van der Waals surface area contributed by atoms with Gasteiger partial charge in [-0.15, -0.1) is 0 Å². The Labute approximate surface area is 216 Å². The lowest BCUT2D eigenvalue weighted by molar-refractivity contribution is -0.132. The van der Waals surface area contributed by atoms with Gasteiger partial charge < -0.3 is 15.1 Å². The molecule has 0 radical (unpaired) electrons. The minimum atomic E-state index is -4.28. The first-order chi connectivity index (χ1) is 17.2. The third-order valence-electron chi connectivity index (χ3n) is 6.87. The number of piperidine rings is 1. The van der Waals surface area contributed by atoms with E-state index in [0.717, 1.165) is 64.2 Å². The molecule has 1 N–H and O–H groups in total. The van der Waals surface area contributed by atoms with E-state index in [1.807, 2.05) is 4.90 Å². The van der Waals surface area contributed by atoms with Crippen LogP contribution in [0, 0.1) is 6.92 Å². The summed E-state index contributed by atoms with van der Waals surface area (Å²) in [6, 6.07) is 15.1. The molecule has 2 aliphatic rings. The van der Waals surface area contributed by atoms with Gasteiger partial charge in [-0.2, -0.15) is 13.2 Å². The zero-order valence-electron chi connectivity index (χ0n) is 20.8. The molecule has 1 amide bonds. The van der Waals surface area contributed by atoms with Gasteiger partial charge in [-0.1, -0.05) is 17.7 Å². The fraction of sp³-hybridized carbons (Fsp3) is 0.519. The lowest BCUT2D eigenvalue weighted by atomic mass is 10.0. The van der Waals surface area contributed by atoms with Gasteiger partial charge >= 0.3 is 5.51 Å². The second-order valence-corrected chi connectivity index (χ2v) is 10.8. The molecule has 2 fully saturated rings. The average molecular weight is 521 g/mol. The summed E-state index contributed by atoms with van der Waals surface area (Å²) in [5, 5.41) is 3.39. The van der Waals surface area contributed by atoms with E-state index in [4.69, 9.17) is 0 Å². The van der Waals surface area contributed by atoms with Crippen molar-refractivity contribution >= 4 is 29.0 Å². The maximum atomic E-state index is 12.8. The Balaban J connectivity index is 1.16.